The number of nitrogens with zero attached hydrogens (tertiary/aromatic N) is 4. The Labute approximate surface area is 180 Å². The minimum Gasteiger partial charge on any atom is -0.289 e. The highest BCUT2D eigenvalue weighted by molar-refractivity contribution is 7.15. The van der Waals surface area contributed by atoms with E-state index in [0.29, 0.717) is 21.8 Å². The average molecular weight is 428 g/mol. The van der Waals surface area contributed by atoms with Crippen molar-refractivity contribution in [2.45, 2.75) is 6.92 Å². The summed E-state index contributed by atoms with van der Waals surface area (Å²) in [5, 5.41) is 15.6. The van der Waals surface area contributed by atoms with Gasteiger partial charge in [-0.2, -0.15) is 10.1 Å². The highest BCUT2D eigenvalue weighted by Crippen LogP contribution is 2.31. The van der Waals surface area contributed by atoms with Gasteiger partial charge in [-0.15, -0.1) is 16.4 Å². The van der Waals surface area contributed by atoms with E-state index >= 15 is 0 Å². The molecule has 0 radical (unpaired) electrons. The number of benzene rings is 2. The fourth-order valence-electron chi connectivity index (χ4n) is 3.37. The van der Waals surface area contributed by atoms with Crippen molar-refractivity contribution < 1.29 is 4.79 Å². The average Bonchev–Trinajstić information content (AvgIpc) is 3.35. The number of carbonyl (C=O) groups is 1. The molecule has 0 bridgehead atoms. The molecule has 0 atom stereocenters. The number of thiazole rings is 1. The van der Waals surface area contributed by atoms with E-state index in [9.17, 15) is 9.59 Å². The zero-order valence-corrected chi connectivity index (χ0v) is 17.2. The van der Waals surface area contributed by atoms with Gasteiger partial charge in [-0.3, -0.25) is 14.9 Å². The quantitative estimate of drug-likeness (QED) is 0.453. The van der Waals surface area contributed by atoms with E-state index in [2.05, 4.69) is 25.6 Å². The fraction of sp³-hybridized carbons (Fsp3) is 0.0455. The molecule has 0 aliphatic heterocycles. The van der Waals surface area contributed by atoms with Crippen molar-refractivity contribution in [3.63, 3.8) is 0 Å². The van der Waals surface area contributed by atoms with E-state index in [1.54, 1.807) is 4.52 Å². The molecule has 0 saturated carbocycles. The zero-order chi connectivity index (χ0) is 21.4. The van der Waals surface area contributed by atoms with Crippen molar-refractivity contribution in [1.82, 2.24) is 24.8 Å². The third-order valence-electron chi connectivity index (χ3n) is 4.79. The number of amides is 1. The molecule has 0 unspecified atom stereocenters. The van der Waals surface area contributed by atoms with Gasteiger partial charge < -0.3 is 0 Å². The summed E-state index contributed by atoms with van der Waals surface area (Å²) >= 11 is 1.42. The molecule has 0 spiro atoms. The lowest BCUT2D eigenvalue weighted by Gasteiger charge is -2.13. The number of nitrogens with one attached hydrogen (secondary N) is 2. The van der Waals surface area contributed by atoms with Gasteiger partial charge in [-0.1, -0.05) is 60.7 Å². The Balaban J connectivity index is 1.66. The number of carbonyl (C=O) groups excluding carboxylic acids is 1. The number of hydrogen-bond donors (Lipinski definition) is 2. The minimum atomic E-state index is -0.601. The molecule has 0 saturated heterocycles. The highest BCUT2D eigenvalue weighted by Gasteiger charge is 2.24. The number of aryl methyl sites for hydroxylation is 1. The van der Waals surface area contributed by atoms with Gasteiger partial charge in [-0.05, 0) is 12.5 Å². The van der Waals surface area contributed by atoms with Gasteiger partial charge in [0.1, 0.15) is 5.56 Å². The van der Waals surface area contributed by atoms with E-state index < -0.39 is 11.5 Å². The SMILES string of the molecule is Cc1csc2nc(NC(=O)c3c(-c4ccccc4)c(-c4ccccc4)n[nH]c3=O)nn12. The van der Waals surface area contributed by atoms with Crippen LogP contribution in [0.3, 0.4) is 0 Å². The topological polar surface area (TPSA) is 105 Å². The first-order chi connectivity index (χ1) is 15.1. The van der Waals surface area contributed by atoms with Gasteiger partial charge in [0.25, 0.3) is 17.4 Å². The van der Waals surface area contributed by atoms with Crippen LogP contribution in [0.4, 0.5) is 5.95 Å². The number of anilines is 1. The Morgan fingerprint density at radius 2 is 1.71 bits per heavy atom. The fourth-order valence-corrected chi connectivity index (χ4v) is 4.17. The number of fused-ring (bicyclic) bond motifs is 1. The van der Waals surface area contributed by atoms with Gasteiger partial charge in [-0.25, -0.2) is 9.61 Å². The lowest BCUT2D eigenvalue weighted by atomic mass is 9.95. The van der Waals surface area contributed by atoms with Gasteiger partial charge in [0.15, 0.2) is 0 Å². The summed E-state index contributed by atoms with van der Waals surface area (Å²) < 4.78 is 1.64. The second-order valence-electron chi connectivity index (χ2n) is 6.84. The lowest BCUT2D eigenvalue weighted by Crippen LogP contribution is -2.26. The molecule has 5 rings (SSSR count). The van der Waals surface area contributed by atoms with Crippen LogP contribution in [0.5, 0.6) is 0 Å². The zero-order valence-electron chi connectivity index (χ0n) is 16.4. The maximum absolute atomic E-state index is 13.3. The van der Waals surface area contributed by atoms with Gasteiger partial charge >= 0.3 is 0 Å². The second kappa shape index (κ2) is 7.62. The lowest BCUT2D eigenvalue weighted by molar-refractivity contribution is 0.102. The van der Waals surface area contributed by atoms with E-state index in [0.717, 1.165) is 11.3 Å². The molecule has 0 fully saturated rings. The van der Waals surface area contributed by atoms with Crippen LogP contribution in [0.15, 0.2) is 70.8 Å². The van der Waals surface area contributed by atoms with Gasteiger partial charge in [0, 0.05) is 16.5 Å². The summed E-state index contributed by atoms with van der Waals surface area (Å²) in [5.74, 6) is -0.466. The minimum absolute atomic E-state index is 0.0464. The molecule has 0 aliphatic rings. The number of aromatic nitrogens is 5. The third-order valence-corrected chi connectivity index (χ3v) is 5.73. The molecule has 1 amide bonds. The summed E-state index contributed by atoms with van der Waals surface area (Å²) in [6, 6.07) is 18.6. The Morgan fingerprint density at radius 1 is 1.03 bits per heavy atom. The number of hydrogen-bond acceptors (Lipinski definition) is 6. The van der Waals surface area contributed by atoms with E-state index in [4.69, 9.17) is 0 Å². The predicted octanol–water partition coefficient (Wildman–Crippen LogP) is 3.77. The van der Waals surface area contributed by atoms with Crippen molar-refractivity contribution >= 4 is 28.2 Å². The molecule has 3 heterocycles. The van der Waals surface area contributed by atoms with E-state index in [-0.39, 0.29) is 11.5 Å². The summed E-state index contributed by atoms with van der Waals surface area (Å²) in [6.07, 6.45) is 0. The predicted molar refractivity (Wildman–Crippen MR) is 119 cm³/mol. The Kier molecular flexibility index (Phi) is 4.64. The molecular formula is C22H16N6O2S. The van der Waals surface area contributed by atoms with E-state index in [1.807, 2.05) is 73.0 Å². The molecule has 2 N–H and O–H groups in total. The first-order valence-corrected chi connectivity index (χ1v) is 10.4. The summed E-state index contributed by atoms with van der Waals surface area (Å²) in [5.41, 5.74) is 2.72. The van der Waals surface area contributed by atoms with Crippen LogP contribution < -0.4 is 10.9 Å². The Bertz CT molecular complexity index is 1450. The molecule has 0 aliphatic carbocycles. The molecule has 152 valence electrons. The van der Waals surface area contributed by atoms with Crippen molar-refractivity contribution in [2.24, 2.45) is 0 Å². The standard InChI is InChI=1S/C22H16N6O2S/c1-13-12-31-22-24-21(27-28(13)22)23-19(29)17-16(14-8-4-2-5-9-14)18(25-26-20(17)30)15-10-6-3-7-11-15/h2-12H,1H3,(H,26,30)(H,23,27,29). The Morgan fingerprint density at radius 3 is 2.39 bits per heavy atom. The van der Waals surface area contributed by atoms with Crippen molar-refractivity contribution in [3.8, 4) is 22.4 Å². The van der Waals surface area contributed by atoms with Crippen LogP contribution >= 0.6 is 11.3 Å². The van der Waals surface area contributed by atoms with E-state index in [1.165, 1.54) is 11.3 Å². The number of H-pyrrole nitrogens is 1. The number of rotatable bonds is 4. The second-order valence-corrected chi connectivity index (χ2v) is 7.68. The molecule has 8 nitrogen and oxygen atoms in total. The van der Waals surface area contributed by atoms with Crippen molar-refractivity contribution in [2.75, 3.05) is 5.32 Å². The van der Waals surface area contributed by atoms with Gasteiger partial charge in [0.2, 0.25) is 4.96 Å². The maximum atomic E-state index is 13.3. The van der Waals surface area contributed by atoms with Crippen LogP contribution in [0, 0.1) is 6.92 Å². The van der Waals surface area contributed by atoms with Crippen molar-refractivity contribution in [3.05, 3.63) is 87.7 Å². The van der Waals surface area contributed by atoms with Gasteiger partial charge in [0.05, 0.1) is 11.4 Å². The summed E-state index contributed by atoms with van der Waals surface area (Å²) in [4.78, 5) is 31.0. The largest absolute Gasteiger partial charge is 0.289 e. The summed E-state index contributed by atoms with van der Waals surface area (Å²) in [7, 11) is 0. The summed E-state index contributed by atoms with van der Waals surface area (Å²) in [6.45, 7) is 1.90. The molecule has 5 aromatic rings. The molecule has 9 heteroatoms. The molecule has 2 aromatic carbocycles. The first-order valence-electron chi connectivity index (χ1n) is 9.47. The smallest absolute Gasteiger partial charge is 0.277 e. The molecule has 31 heavy (non-hydrogen) atoms. The highest BCUT2D eigenvalue weighted by atomic mass is 32.1. The third kappa shape index (κ3) is 3.40. The Hall–Kier alpha value is -4.11. The monoisotopic (exact) mass is 428 g/mol. The molecule has 3 aromatic heterocycles. The van der Waals surface area contributed by atoms with Crippen LogP contribution in [0.25, 0.3) is 27.3 Å². The maximum Gasteiger partial charge on any atom is 0.277 e. The number of aromatic amines is 1. The normalized spacial score (nSPS) is 11.0. The molecular weight excluding hydrogens is 412 g/mol. The first kappa shape index (κ1) is 18.9. The van der Waals surface area contributed by atoms with Crippen LogP contribution in [0.2, 0.25) is 0 Å². The van der Waals surface area contributed by atoms with Crippen LogP contribution in [0.1, 0.15) is 16.1 Å². The van der Waals surface area contributed by atoms with Crippen LogP contribution in [-0.2, 0) is 0 Å². The van der Waals surface area contributed by atoms with Crippen molar-refractivity contribution in [1.29, 1.82) is 0 Å². The van der Waals surface area contributed by atoms with Crippen LogP contribution in [-0.4, -0.2) is 30.7 Å².